The van der Waals surface area contributed by atoms with E-state index in [1.807, 2.05) is 30.3 Å². The maximum atomic E-state index is 13.1. The van der Waals surface area contributed by atoms with Gasteiger partial charge in [-0.1, -0.05) is 71.0 Å². The quantitative estimate of drug-likeness (QED) is 0.161. The minimum atomic E-state index is -4.42. The number of hydrogen-bond acceptors (Lipinski definition) is 7. The molecule has 0 bridgehead atoms. The zero-order valence-corrected chi connectivity index (χ0v) is 29.5. The number of aliphatic hydroxyl groups is 1. The molecule has 2 aliphatic carbocycles. The Morgan fingerprint density at radius 1 is 0.679 bits per heavy atom. The summed E-state index contributed by atoms with van der Waals surface area (Å²) in [5.74, 6) is -0.268. The number of fused-ring (bicyclic) bond motifs is 6. The molecule has 6 aromatic rings. The molecule has 2 aromatic heterocycles. The van der Waals surface area contributed by atoms with Gasteiger partial charge < -0.3 is 19.3 Å². The smallest absolute Gasteiger partial charge is 0.416 e. The monoisotopic (exact) mass is 773 g/mol. The summed E-state index contributed by atoms with van der Waals surface area (Å²) in [5, 5.41) is 26.5. The zero-order valence-electron chi connectivity index (χ0n) is 29.5. The number of benzene rings is 4. The van der Waals surface area contributed by atoms with Crippen molar-refractivity contribution in [2.45, 2.75) is 51.2 Å². The fraction of sp³-hybridized carbons (Fsp3) is 0.262. The van der Waals surface area contributed by atoms with Gasteiger partial charge >= 0.3 is 18.3 Å². The molecule has 0 amide bonds. The van der Waals surface area contributed by atoms with Crippen LogP contribution in [0.2, 0.25) is 0 Å². The largest absolute Gasteiger partial charge is 0.481 e. The Morgan fingerprint density at radius 3 is 1.62 bits per heavy atom. The van der Waals surface area contributed by atoms with Gasteiger partial charge in [0.1, 0.15) is 11.4 Å². The summed E-state index contributed by atoms with van der Waals surface area (Å²) in [6.07, 6.45) is -6.09. The summed E-state index contributed by atoms with van der Waals surface area (Å²) in [6.45, 7) is 1.77. The van der Waals surface area contributed by atoms with Crippen molar-refractivity contribution >= 4 is 5.97 Å². The van der Waals surface area contributed by atoms with Crippen molar-refractivity contribution in [2.75, 3.05) is 13.1 Å². The van der Waals surface area contributed by atoms with Crippen LogP contribution >= 0.6 is 0 Å². The van der Waals surface area contributed by atoms with E-state index in [1.54, 1.807) is 12.1 Å². The zero-order chi connectivity index (χ0) is 39.4. The molecule has 3 aliphatic rings. The first-order valence-electron chi connectivity index (χ1n) is 17.9. The molecule has 1 aliphatic heterocycles. The predicted molar refractivity (Wildman–Crippen MR) is 192 cm³/mol. The second-order valence-electron chi connectivity index (χ2n) is 14.2. The normalized spacial score (nSPS) is 15.1. The summed E-state index contributed by atoms with van der Waals surface area (Å²) < 4.78 is 89.0. The lowest BCUT2D eigenvalue weighted by Crippen LogP contribution is -2.49. The Kier molecular flexibility index (Phi) is 9.57. The molecule has 0 unspecified atom stereocenters. The van der Waals surface area contributed by atoms with Crippen LogP contribution in [-0.4, -0.2) is 44.5 Å². The average molecular weight is 774 g/mol. The number of halogens is 6. The van der Waals surface area contributed by atoms with Gasteiger partial charge in [0.15, 0.2) is 11.5 Å². The van der Waals surface area contributed by atoms with E-state index in [1.165, 1.54) is 12.1 Å². The van der Waals surface area contributed by atoms with Gasteiger partial charge in [-0.2, -0.15) is 26.3 Å². The van der Waals surface area contributed by atoms with Crippen LogP contribution in [-0.2, 0) is 56.0 Å². The molecule has 3 heterocycles. The number of carboxylic acids is 1. The number of aromatic nitrogens is 2. The van der Waals surface area contributed by atoms with Crippen LogP contribution < -0.4 is 0 Å². The number of alkyl halides is 6. The maximum Gasteiger partial charge on any atom is 0.416 e. The van der Waals surface area contributed by atoms with Crippen molar-refractivity contribution in [3.63, 3.8) is 0 Å². The van der Waals surface area contributed by atoms with E-state index in [4.69, 9.17) is 14.2 Å². The van der Waals surface area contributed by atoms with Crippen molar-refractivity contribution in [3.8, 4) is 45.2 Å². The van der Waals surface area contributed by atoms with E-state index in [0.717, 1.165) is 81.6 Å². The summed E-state index contributed by atoms with van der Waals surface area (Å²) in [6, 6.07) is 21.9. The average Bonchev–Trinajstić information content (AvgIpc) is 3.81. The Hall–Kier alpha value is -5.73. The minimum absolute atomic E-state index is 0.0333. The Morgan fingerprint density at radius 2 is 1.16 bits per heavy atom. The lowest BCUT2D eigenvalue weighted by atomic mass is 9.86. The second-order valence-corrected chi connectivity index (χ2v) is 14.2. The van der Waals surface area contributed by atoms with Crippen LogP contribution in [0.1, 0.15) is 44.5 Å². The molecule has 0 atom stereocenters. The second kappa shape index (κ2) is 14.4. The number of carboxylic acid groups (broad SMARTS) is 1. The number of likely N-dealkylation sites (tertiary alicyclic amines) is 1. The number of carbonyl (C=O) groups is 1. The molecule has 14 heteroatoms. The number of rotatable bonds is 6. The van der Waals surface area contributed by atoms with Crippen LogP contribution in [0.3, 0.4) is 0 Å². The minimum Gasteiger partial charge on any atom is -0.481 e. The topological polar surface area (TPSA) is 113 Å². The van der Waals surface area contributed by atoms with Gasteiger partial charge in [0.2, 0.25) is 0 Å². The summed E-state index contributed by atoms with van der Waals surface area (Å²) in [7, 11) is 0. The van der Waals surface area contributed by atoms with Crippen LogP contribution in [0.25, 0.3) is 45.2 Å². The van der Waals surface area contributed by atoms with E-state index in [9.17, 15) is 36.2 Å². The van der Waals surface area contributed by atoms with E-state index >= 15 is 0 Å². The van der Waals surface area contributed by atoms with E-state index in [-0.39, 0.29) is 12.5 Å². The number of aliphatic carboxylic acids is 1. The first kappa shape index (κ1) is 37.2. The van der Waals surface area contributed by atoms with Crippen LogP contribution in [0, 0.1) is 5.92 Å². The van der Waals surface area contributed by atoms with Crippen molar-refractivity contribution in [1.29, 1.82) is 0 Å². The Labute approximate surface area is 316 Å². The number of nitrogens with zero attached hydrogens (tertiary/aromatic N) is 3. The van der Waals surface area contributed by atoms with Gasteiger partial charge in [0.05, 0.1) is 23.7 Å². The Balaban J connectivity index is 0.000000161. The highest BCUT2D eigenvalue weighted by Gasteiger charge is 2.35. The summed E-state index contributed by atoms with van der Waals surface area (Å²) >= 11 is 0. The predicted octanol–water partition coefficient (Wildman–Crippen LogP) is 9.26. The van der Waals surface area contributed by atoms with Crippen LogP contribution in [0.15, 0.2) is 94.0 Å². The van der Waals surface area contributed by atoms with Gasteiger partial charge in [-0.3, -0.25) is 9.69 Å². The fourth-order valence-corrected chi connectivity index (χ4v) is 7.63. The molecule has 288 valence electrons. The van der Waals surface area contributed by atoms with Gasteiger partial charge in [0, 0.05) is 53.0 Å². The number of aliphatic hydroxyl groups excluding tert-OH is 1. The van der Waals surface area contributed by atoms with E-state index < -0.39 is 29.4 Å². The number of aryl methyl sites for hydroxylation is 2. The third kappa shape index (κ3) is 7.21. The number of hydrogen-bond donors (Lipinski definition) is 2. The molecular weight excluding hydrogens is 740 g/mol. The van der Waals surface area contributed by atoms with Crippen LogP contribution in [0.5, 0.6) is 0 Å². The molecular formula is C42H33F6N3O5. The SMILES string of the molecule is O=C(O)C1CN(Cc2ccc3c(c2)CCc2c-3noc2-c2cccc(C(F)(F)F)c2)C1.OCc1ccc2c(c1)CCc1c-2noc1-c1cccc(C(F)(F)F)c1. The highest BCUT2D eigenvalue weighted by atomic mass is 19.4. The van der Waals surface area contributed by atoms with Crippen molar-refractivity contribution in [1.82, 2.24) is 15.2 Å². The molecule has 56 heavy (non-hydrogen) atoms. The maximum absolute atomic E-state index is 13.1. The lowest BCUT2D eigenvalue weighted by Gasteiger charge is -2.36. The van der Waals surface area contributed by atoms with Gasteiger partial charge in [0.25, 0.3) is 0 Å². The van der Waals surface area contributed by atoms with Gasteiger partial charge in [-0.05, 0) is 72.2 Å². The molecule has 2 N–H and O–H groups in total. The lowest BCUT2D eigenvalue weighted by molar-refractivity contribution is -0.147. The highest BCUT2D eigenvalue weighted by Crippen LogP contribution is 2.42. The fourth-order valence-electron chi connectivity index (χ4n) is 7.63. The molecule has 0 saturated carbocycles. The molecule has 1 saturated heterocycles. The van der Waals surface area contributed by atoms with Gasteiger partial charge in [-0.15, -0.1) is 0 Å². The van der Waals surface area contributed by atoms with Crippen LogP contribution in [0.4, 0.5) is 26.3 Å². The standard InChI is InChI=1S/C23H19F3N2O3.C19H14F3NO2/c24-23(25,26)17-3-1-2-15(9-17)21-19-7-5-14-8-13(4-6-18(14)20(19)27-31-21)10-28-11-16(12-28)22(29)30;20-19(21,22)14-3-1-2-13(9-14)18-16-7-5-12-8-11(10-24)4-6-15(12)17(16)23-25-18/h1-4,6,8-9,16H,5,7,10-12H2,(H,29,30);1-4,6,8-9,24H,5,7,10H2. The molecule has 9 rings (SSSR count). The summed E-state index contributed by atoms with van der Waals surface area (Å²) in [4.78, 5) is 13.1. The Bertz CT molecular complexity index is 2440. The first-order chi connectivity index (χ1) is 26.8. The molecule has 0 radical (unpaired) electrons. The van der Waals surface area contributed by atoms with Gasteiger partial charge in [-0.25, -0.2) is 0 Å². The van der Waals surface area contributed by atoms with Crippen molar-refractivity contribution in [2.24, 2.45) is 5.92 Å². The highest BCUT2D eigenvalue weighted by molar-refractivity contribution is 5.78. The molecule has 1 fully saturated rings. The first-order valence-corrected chi connectivity index (χ1v) is 17.9. The van der Waals surface area contributed by atoms with Crippen molar-refractivity contribution < 1.29 is 50.4 Å². The molecule has 8 nitrogen and oxygen atoms in total. The van der Waals surface area contributed by atoms with E-state index in [0.29, 0.717) is 66.5 Å². The molecule has 0 spiro atoms. The third-order valence-electron chi connectivity index (χ3n) is 10.5. The third-order valence-corrected chi connectivity index (χ3v) is 10.5. The summed E-state index contributed by atoms with van der Waals surface area (Å²) in [5.41, 5.74) is 8.24. The molecule has 4 aromatic carbocycles. The van der Waals surface area contributed by atoms with Crippen molar-refractivity contribution in [3.05, 3.63) is 129 Å². The van der Waals surface area contributed by atoms with E-state index in [2.05, 4.69) is 21.3 Å².